The summed E-state index contributed by atoms with van der Waals surface area (Å²) >= 11 is 0. The lowest BCUT2D eigenvalue weighted by molar-refractivity contribution is -0.377. The Kier molecular flexibility index (Phi) is 5.68. The van der Waals surface area contributed by atoms with Gasteiger partial charge in [0.2, 0.25) is 0 Å². The van der Waals surface area contributed by atoms with E-state index in [1.54, 1.807) is 23.1 Å². The molecule has 3 rings (SSSR count). The van der Waals surface area contributed by atoms with Crippen LogP contribution < -0.4 is 19.4 Å². The molecule has 7 heteroatoms. The maximum absolute atomic E-state index is 12.4. The minimum Gasteiger partial charge on any atom is -0.493 e. The van der Waals surface area contributed by atoms with Gasteiger partial charge in [-0.3, -0.25) is 9.59 Å². The van der Waals surface area contributed by atoms with E-state index < -0.39 is 0 Å². The molecule has 1 aromatic carbocycles. The van der Waals surface area contributed by atoms with E-state index >= 15 is 0 Å². The summed E-state index contributed by atoms with van der Waals surface area (Å²) in [7, 11) is 1.50. The molecule has 1 saturated heterocycles. The van der Waals surface area contributed by atoms with Gasteiger partial charge >= 0.3 is 0 Å². The maximum Gasteiger partial charge on any atom is 0.260 e. The number of H-pyrrole nitrogens is 1. The molecule has 0 bridgehead atoms. The van der Waals surface area contributed by atoms with Crippen LogP contribution in [0.15, 0.2) is 42.7 Å². The van der Waals surface area contributed by atoms with Crippen molar-refractivity contribution in [2.75, 3.05) is 44.8 Å². The monoisotopic (exact) mass is 356 g/mol. The number of hydrogen-bond acceptors (Lipinski definition) is 5. The van der Waals surface area contributed by atoms with Crippen molar-refractivity contribution in [3.8, 4) is 11.5 Å². The van der Waals surface area contributed by atoms with Gasteiger partial charge in [0, 0.05) is 49.6 Å². The van der Waals surface area contributed by atoms with Gasteiger partial charge in [-0.15, -0.1) is 0 Å². The second-order valence-corrected chi connectivity index (χ2v) is 5.94. The van der Waals surface area contributed by atoms with E-state index in [-0.39, 0.29) is 12.5 Å². The van der Waals surface area contributed by atoms with Crippen molar-refractivity contribution in [1.82, 2.24) is 4.90 Å². The number of nitrogens with one attached hydrogen (secondary N) is 1. The molecule has 0 atom stereocenters. The molecule has 1 amide bonds. The molecule has 1 N–H and O–H groups in total. The summed E-state index contributed by atoms with van der Waals surface area (Å²) in [5.74, 6) is 0.825. The molecule has 136 valence electrons. The van der Waals surface area contributed by atoms with E-state index in [4.69, 9.17) is 9.47 Å². The van der Waals surface area contributed by atoms with E-state index in [2.05, 4.69) is 9.88 Å². The molecule has 7 nitrogen and oxygen atoms in total. The third kappa shape index (κ3) is 4.11. The van der Waals surface area contributed by atoms with E-state index in [1.165, 1.54) is 7.11 Å². The molecule has 0 aliphatic carbocycles. The number of ether oxygens (including phenoxy) is 2. The number of pyridine rings is 1. The highest BCUT2D eigenvalue weighted by Gasteiger charge is 2.22. The minimum absolute atomic E-state index is 0.0584. The van der Waals surface area contributed by atoms with Crippen molar-refractivity contribution in [2.45, 2.75) is 0 Å². The summed E-state index contributed by atoms with van der Waals surface area (Å²) in [5, 5.41) is 0. The molecule has 2 heterocycles. The summed E-state index contributed by atoms with van der Waals surface area (Å²) in [4.78, 5) is 30.3. The quantitative estimate of drug-likeness (QED) is 0.724. The molecule has 0 saturated carbocycles. The van der Waals surface area contributed by atoms with Gasteiger partial charge in [0.25, 0.3) is 5.91 Å². The molecular formula is C19H22N3O4+. The van der Waals surface area contributed by atoms with Gasteiger partial charge in [-0.2, -0.15) is 0 Å². The lowest BCUT2D eigenvalue weighted by Crippen LogP contribution is -2.50. The number of carbonyl (C=O) groups excluding carboxylic acids is 2. The Morgan fingerprint density at radius 1 is 1.12 bits per heavy atom. The molecule has 1 aromatic heterocycles. The molecule has 1 fully saturated rings. The Labute approximate surface area is 152 Å². The summed E-state index contributed by atoms with van der Waals surface area (Å²) < 4.78 is 10.8. The van der Waals surface area contributed by atoms with Gasteiger partial charge in [-0.05, 0) is 18.2 Å². The lowest BCUT2D eigenvalue weighted by Gasteiger charge is -2.35. The predicted octanol–water partition coefficient (Wildman–Crippen LogP) is 1.05. The number of nitrogens with zero attached hydrogens (tertiary/aromatic N) is 2. The second-order valence-electron chi connectivity index (χ2n) is 5.94. The Morgan fingerprint density at radius 3 is 2.50 bits per heavy atom. The highest BCUT2D eigenvalue weighted by Crippen LogP contribution is 2.27. The van der Waals surface area contributed by atoms with Gasteiger partial charge in [-0.25, -0.2) is 4.98 Å². The largest absolute Gasteiger partial charge is 0.493 e. The van der Waals surface area contributed by atoms with Gasteiger partial charge in [0.05, 0.1) is 7.11 Å². The molecule has 0 spiro atoms. The Balaban J connectivity index is 1.53. The highest BCUT2D eigenvalue weighted by molar-refractivity contribution is 5.79. The Bertz CT molecular complexity index is 759. The number of aromatic nitrogens is 1. The number of carbonyl (C=O) groups is 2. The molecule has 1 aliphatic heterocycles. The number of amides is 1. The predicted molar refractivity (Wildman–Crippen MR) is 95.7 cm³/mol. The van der Waals surface area contributed by atoms with Crippen LogP contribution in [0.2, 0.25) is 0 Å². The summed E-state index contributed by atoms with van der Waals surface area (Å²) in [6.07, 6.45) is 4.52. The first kappa shape index (κ1) is 17.7. The van der Waals surface area contributed by atoms with Crippen LogP contribution in [0.25, 0.3) is 0 Å². The normalized spacial score (nSPS) is 14.0. The molecule has 1 aliphatic rings. The van der Waals surface area contributed by atoms with Crippen LogP contribution in [-0.2, 0) is 4.79 Å². The van der Waals surface area contributed by atoms with Crippen molar-refractivity contribution in [3.63, 3.8) is 0 Å². The zero-order chi connectivity index (χ0) is 18.4. The number of aromatic amines is 1. The summed E-state index contributed by atoms with van der Waals surface area (Å²) in [6, 6.07) is 8.90. The van der Waals surface area contributed by atoms with Crippen LogP contribution in [0.3, 0.4) is 0 Å². The molecule has 0 radical (unpaired) electrons. The van der Waals surface area contributed by atoms with Crippen molar-refractivity contribution in [3.05, 3.63) is 48.3 Å². The molecule has 0 unspecified atom stereocenters. The second kappa shape index (κ2) is 8.33. The Morgan fingerprint density at radius 2 is 1.85 bits per heavy atom. The number of methoxy groups -OCH3 is 1. The number of aldehydes is 1. The third-order valence-electron chi connectivity index (χ3n) is 4.37. The average Bonchev–Trinajstić information content (AvgIpc) is 2.72. The smallest absolute Gasteiger partial charge is 0.260 e. The maximum atomic E-state index is 12.4. The topological polar surface area (TPSA) is 73.2 Å². The minimum atomic E-state index is -0.0624. The van der Waals surface area contributed by atoms with Crippen LogP contribution >= 0.6 is 0 Å². The van der Waals surface area contributed by atoms with E-state index in [9.17, 15) is 9.59 Å². The van der Waals surface area contributed by atoms with Crippen molar-refractivity contribution >= 4 is 17.9 Å². The first-order chi connectivity index (χ1) is 12.7. The van der Waals surface area contributed by atoms with Gasteiger partial charge in [-0.1, -0.05) is 0 Å². The molecular weight excluding hydrogens is 334 g/mol. The van der Waals surface area contributed by atoms with Crippen LogP contribution in [-0.4, -0.2) is 57.0 Å². The summed E-state index contributed by atoms with van der Waals surface area (Å²) in [6.45, 7) is 2.82. The number of anilines is 1. The van der Waals surface area contributed by atoms with Crippen molar-refractivity contribution < 1.29 is 24.0 Å². The van der Waals surface area contributed by atoms with Gasteiger partial charge in [0.15, 0.2) is 30.5 Å². The zero-order valence-electron chi connectivity index (χ0n) is 14.7. The lowest BCUT2D eigenvalue weighted by atomic mass is 10.2. The number of rotatable bonds is 6. The number of benzene rings is 1. The standard InChI is InChI=1S/C19H21N3O4/c1-25-18-12-15(13-23)2-3-17(18)26-14-19(24)22-10-8-21(9-11-22)16-4-6-20-7-5-16/h2-7,12-13H,8-11,14H2,1H3/p+1. The fourth-order valence-corrected chi connectivity index (χ4v) is 2.91. The van der Waals surface area contributed by atoms with Gasteiger partial charge < -0.3 is 19.3 Å². The molecule has 2 aromatic rings. The fraction of sp³-hybridized carbons (Fsp3) is 0.316. The van der Waals surface area contributed by atoms with Crippen LogP contribution in [0.4, 0.5) is 5.69 Å². The first-order valence-electron chi connectivity index (χ1n) is 8.46. The van der Waals surface area contributed by atoms with E-state index in [0.29, 0.717) is 30.2 Å². The van der Waals surface area contributed by atoms with Crippen LogP contribution in [0.5, 0.6) is 11.5 Å². The highest BCUT2D eigenvalue weighted by atomic mass is 16.5. The third-order valence-corrected chi connectivity index (χ3v) is 4.37. The zero-order valence-corrected chi connectivity index (χ0v) is 14.7. The summed E-state index contributed by atoms with van der Waals surface area (Å²) in [5.41, 5.74) is 1.64. The average molecular weight is 356 g/mol. The van der Waals surface area contributed by atoms with Crippen molar-refractivity contribution in [2.24, 2.45) is 0 Å². The van der Waals surface area contributed by atoms with Gasteiger partial charge in [0.1, 0.15) is 6.29 Å². The van der Waals surface area contributed by atoms with E-state index in [1.807, 2.05) is 24.5 Å². The van der Waals surface area contributed by atoms with E-state index in [0.717, 1.165) is 25.1 Å². The molecule has 26 heavy (non-hydrogen) atoms. The SMILES string of the molecule is COc1cc(C=O)ccc1OCC(=O)N1CCN(c2cc[nH+]cc2)CC1. The van der Waals surface area contributed by atoms with Crippen molar-refractivity contribution in [1.29, 1.82) is 0 Å². The first-order valence-corrected chi connectivity index (χ1v) is 8.46. The number of piperazine rings is 1. The number of hydrogen-bond donors (Lipinski definition) is 0. The van der Waals surface area contributed by atoms with Crippen LogP contribution in [0, 0.1) is 0 Å². The Hall–Kier alpha value is -3.09. The van der Waals surface area contributed by atoms with Crippen LogP contribution in [0.1, 0.15) is 10.4 Å². The fourth-order valence-electron chi connectivity index (χ4n) is 2.91.